The second kappa shape index (κ2) is 7.20. The van der Waals surface area contributed by atoms with Crippen LogP contribution >= 0.6 is 0 Å². The highest BCUT2D eigenvalue weighted by atomic mass is 19.3. The Morgan fingerprint density at radius 2 is 1.34 bits per heavy atom. The number of hydrogen-bond acceptors (Lipinski definition) is 5. The van der Waals surface area contributed by atoms with Crippen LogP contribution in [0.2, 0.25) is 0 Å². The number of nitrogens with one attached hydrogen (secondary N) is 1. The van der Waals surface area contributed by atoms with Crippen LogP contribution in [-0.2, 0) is 0 Å². The van der Waals surface area contributed by atoms with Gasteiger partial charge in [0.05, 0.1) is 11.4 Å². The van der Waals surface area contributed by atoms with Crippen LogP contribution in [0.3, 0.4) is 0 Å². The summed E-state index contributed by atoms with van der Waals surface area (Å²) in [6.07, 6.45) is 0.531. The van der Waals surface area contributed by atoms with E-state index in [0.717, 1.165) is 22.8 Å². The molecule has 0 saturated heterocycles. The molecule has 0 aromatic carbocycles. The zero-order chi connectivity index (χ0) is 20.8. The molecule has 29 heavy (non-hydrogen) atoms. The molecule has 0 spiro atoms. The van der Waals surface area contributed by atoms with Crippen LogP contribution in [0.5, 0.6) is 0 Å². The van der Waals surface area contributed by atoms with Crippen LogP contribution in [0.15, 0.2) is 18.2 Å². The Labute approximate surface area is 168 Å². The molecule has 9 heteroatoms. The minimum atomic E-state index is -2.57. The predicted molar refractivity (Wildman–Crippen MR) is 106 cm³/mol. The lowest BCUT2D eigenvalue weighted by Gasteiger charge is -2.28. The number of halogens is 2. The number of alkyl halides is 2. The van der Waals surface area contributed by atoms with Crippen molar-refractivity contribution in [3.05, 3.63) is 41.0 Å². The Balaban J connectivity index is 1.72. The van der Waals surface area contributed by atoms with Gasteiger partial charge in [0.2, 0.25) is 11.9 Å². The molecule has 0 radical (unpaired) electrons. The molecule has 1 aliphatic carbocycles. The van der Waals surface area contributed by atoms with E-state index in [-0.39, 0.29) is 18.9 Å². The summed E-state index contributed by atoms with van der Waals surface area (Å²) >= 11 is 0. The van der Waals surface area contributed by atoms with Crippen LogP contribution < -0.4 is 5.32 Å². The molecule has 1 N–H and O–H groups in total. The Kier molecular flexibility index (Phi) is 4.84. The van der Waals surface area contributed by atoms with E-state index in [0.29, 0.717) is 30.4 Å². The third-order valence-electron chi connectivity index (χ3n) is 5.20. The van der Waals surface area contributed by atoms with E-state index in [2.05, 4.69) is 25.5 Å². The van der Waals surface area contributed by atoms with Crippen LogP contribution in [0.1, 0.15) is 48.5 Å². The summed E-state index contributed by atoms with van der Waals surface area (Å²) in [6, 6.07) is 5.70. The molecule has 3 aromatic rings. The Morgan fingerprint density at radius 1 is 0.862 bits per heavy atom. The van der Waals surface area contributed by atoms with Crippen molar-refractivity contribution < 1.29 is 8.78 Å². The lowest BCUT2D eigenvalue weighted by atomic mass is 9.92. The largest absolute Gasteiger partial charge is 0.351 e. The molecule has 0 aliphatic heterocycles. The van der Waals surface area contributed by atoms with Gasteiger partial charge in [-0.05, 0) is 52.7 Å². The molecule has 154 valence electrons. The molecular weight excluding hydrogens is 376 g/mol. The van der Waals surface area contributed by atoms with Gasteiger partial charge in [0.25, 0.3) is 0 Å². The van der Waals surface area contributed by atoms with E-state index in [1.54, 1.807) is 9.36 Å². The molecule has 3 heterocycles. The fourth-order valence-corrected chi connectivity index (χ4v) is 3.79. The fourth-order valence-electron chi connectivity index (χ4n) is 3.79. The first-order valence-corrected chi connectivity index (χ1v) is 9.81. The standard InChI is InChI=1S/C20H25F2N7/c1-12-9-14(3)28(26-12)17-11-18(29-15(4)10-13(2)27-29)25-19(24-17)23-16-5-7-20(21,22)8-6-16/h9-11,16H,5-8H2,1-4H3,(H,23,24,25). The first-order chi connectivity index (χ1) is 13.7. The van der Waals surface area contributed by atoms with Gasteiger partial charge in [0, 0.05) is 36.3 Å². The van der Waals surface area contributed by atoms with Crippen molar-refractivity contribution in [1.82, 2.24) is 29.5 Å². The Bertz CT molecular complexity index is 963. The number of hydrogen-bond donors (Lipinski definition) is 1. The average Bonchev–Trinajstić information content (AvgIpc) is 3.17. The maximum absolute atomic E-state index is 13.5. The first-order valence-electron chi connectivity index (χ1n) is 9.81. The topological polar surface area (TPSA) is 73.5 Å². The third kappa shape index (κ3) is 4.13. The Hall–Kier alpha value is -2.84. The summed E-state index contributed by atoms with van der Waals surface area (Å²) in [5.41, 5.74) is 3.67. The van der Waals surface area contributed by atoms with Gasteiger partial charge in [-0.15, -0.1) is 0 Å². The molecule has 1 saturated carbocycles. The quantitative estimate of drug-likeness (QED) is 0.713. The van der Waals surface area contributed by atoms with Crippen molar-refractivity contribution in [2.75, 3.05) is 5.32 Å². The molecule has 0 atom stereocenters. The van der Waals surface area contributed by atoms with E-state index in [4.69, 9.17) is 0 Å². The summed E-state index contributed by atoms with van der Waals surface area (Å²) in [5.74, 6) is -0.958. The van der Waals surface area contributed by atoms with Crippen LogP contribution in [0, 0.1) is 27.7 Å². The normalized spacial score (nSPS) is 16.9. The van der Waals surface area contributed by atoms with Crippen LogP contribution in [-0.4, -0.2) is 41.5 Å². The second-order valence-corrected chi connectivity index (χ2v) is 7.86. The molecule has 3 aromatic heterocycles. The highest BCUT2D eigenvalue weighted by molar-refractivity contribution is 5.43. The van der Waals surface area contributed by atoms with Crippen molar-refractivity contribution in [3.63, 3.8) is 0 Å². The van der Waals surface area contributed by atoms with Crippen molar-refractivity contribution in [2.24, 2.45) is 0 Å². The van der Waals surface area contributed by atoms with Gasteiger partial charge in [-0.3, -0.25) is 0 Å². The number of aryl methyl sites for hydroxylation is 4. The monoisotopic (exact) mass is 401 g/mol. The van der Waals surface area contributed by atoms with Crippen molar-refractivity contribution in [2.45, 2.75) is 65.3 Å². The summed E-state index contributed by atoms with van der Waals surface area (Å²) in [5, 5.41) is 12.3. The van der Waals surface area contributed by atoms with Gasteiger partial charge < -0.3 is 5.32 Å². The van der Waals surface area contributed by atoms with Crippen LogP contribution in [0.25, 0.3) is 11.6 Å². The van der Waals surface area contributed by atoms with Crippen molar-refractivity contribution in [1.29, 1.82) is 0 Å². The third-order valence-corrected chi connectivity index (χ3v) is 5.20. The highest BCUT2D eigenvalue weighted by Gasteiger charge is 2.35. The zero-order valence-electron chi connectivity index (χ0n) is 17.1. The van der Waals surface area contributed by atoms with E-state index >= 15 is 0 Å². The van der Waals surface area contributed by atoms with Gasteiger partial charge in [0.1, 0.15) is 0 Å². The van der Waals surface area contributed by atoms with Crippen LogP contribution in [0.4, 0.5) is 14.7 Å². The Morgan fingerprint density at radius 3 is 1.76 bits per heavy atom. The zero-order valence-corrected chi connectivity index (χ0v) is 17.1. The summed E-state index contributed by atoms with van der Waals surface area (Å²) < 4.78 is 30.5. The lowest BCUT2D eigenvalue weighted by molar-refractivity contribution is -0.0361. The molecule has 1 fully saturated rings. The molecule has 0 bridgehead atoms. The summed E-state index contributed by atoms with van der Waals surface area (Å²) in [4.78, 5) is 9.24. The lowest BCUT2D eigenvalue weighted by Crippen LogP contribution is -2.32. The van der Waals surface area contributed by atoms with Gasteiger partial charge in [-0.25, -0.2) is 18.1 Å². The molecule has 0 unspecified atom stereocenters. The average molecular weight is 401 g/mol. The van der Waals surface area contributed by atoms with E-state index in [1.807, 2.05) is 45.9 Å². The van der Waals surface area contributed by atoms with E-state index in [1.165, 1.54) is 0 Å². The maximum Gasteiger partial charge on any atom is 0.248 e. The van der Waals surface area contributed by atoms with Gasteiger partial charge in [0.15, 0.2) is 11.6 Å². The summed E-state index contributed by atoms with van der Waals surface area (Å²) in [7, 11) is 0. The van der Waals surface area contributed by atoms with Gasteiger partial charge >= 0.3 is 0 Å². The molecule has 4 rings (SSSR count). The molecule has 0 amide bonds. The SMILES string of the molecule is Cc1cc(C)n(-c2cc(-n3nc(C)cc3C)nc(NC3CCC(F)(F)CC3)n2)n1. The van der Waals surface area contributed by atoms with Crippen molar-refractivity contribution >= 4 is 5.95 Å². The predicted octanol–water partition coefficient (Wildman–Crippen LogP) is 4.07. The smallest absolute Gasteiger partial charge is 0.248 e. The highest BCUT2D eigenvalue weighted by Crippen LogP contribution is 2.34. The van der Waals surface area contributed by atoms with Crippen molar-refractivity contribution in [3.8, 4) is 11.6 Å². The summed E-state index contributed by atoms with van der Waals surface area (Å²) in [6.45, 7) is 7.77. The van der Waals surface area contributed by atoms with E-state index in [9.17, 15) is 8.78 Å². The number of rotatable bonds is 4. The minimum Gasteiger partial charge on any atom is -0.351 e. The molecule has 1 aliphatic rings. The van der Waals surface area contributed by atoms with E-state index < -0.39 is 5.92 Å². The second-order valence-electron chi connectivity index (χ2n) is 7.86. The minimum absolute atomic E-state index is 0.0846. The molecular formula is C20H25F2N7. The fraction of sp³-hybridized carbons (Fsp3) is 0.500. The maximum atomic E-state index is 13.5. The van der Waals surface area contributed by atoms with Gasteiger partial charge in [-0.2, -0.15) is 20.2 Å². The first kappa shape index (κ1) is 19.5. The number of nitrogens with zero attached hydrogens (tertiary/aromatic N) is 6. The molecule has 7 nitrogen and oxygen atoms in total. The number of anilines is 1. The van der Waals surface area contributed by atoms with Gasteiger partial charge in [-0.1, -0.05) is 0 Å². The number of aromatic nitrogens is 6.